The van der Waals surface area contributed by atoms with Gasteiger partial charge in [0.05, 0.1) is 15.7 Å². The fourth-order valence-corrected chi connectivity index (χ4v) is 3.42. The molecule has 0 aliphatic rings. The molecule has 0 heterocycles. The molecule has 0 bridgehead atoms. The highest BCUT2D eigenvalue weighted by Crippen LogP contribution is 2.33. The van der Waals surface area contributed by atoms with Crippen LogP contribution < -0.4 is 5.32 Å². The van der Waals surface area contributed by atoms with Gasteiger partial charge >= 0.3 is 0 Å². The van der Waals surface area contributed by atoms with Gasteiger partial charge in [0.15, 0.2) is 0 Å². The van der Waals surface area contributed by atoms with Gasteiger partial charge in [0.25, 0.3) is 0 Å². The fourth-order valence-electron chi connectivity index (χ4n) is 2.21. The molecule has 2 nitrogen and oxygen atoms in total. The number of nitrogens with one attached hydrogen (secondary N) is 1. The molecule has 0 saturated carbocycles. The summed E-state index contributed by atoms with van der Waals surface area (Å²) in [5, 5.41) is 3.78. The van der Waals surface area contributed by atoms with Crippen LogP contribution in [0.5, 0.6) is 0 Å². The molecule has 0 radical (unpaired) electrons. The molecule has 1 amide bonds. The summed E-state index contributed by atoms with van der Waals surface area (Å²) in [6, 6.07) is 13.8. The van der Waals surface area contributed by atoms with E-state index in [1.165, 1.54) is 5.56 Å². The molecule has 5 heteroatoms. The quantitative estimate of drug-likeness (QED) is 0.520. The molecule has 25 heavy (non-hydrogen) atoms. The fraction of sp³-hybridized carbons (Fsp3) is 0.250. The number of aryl methyl sites for hydroxylation is 1. The van der Waals surface area contributed by atoms with Crippen LogP contribution in [0.15, 0.2) is 48.5 Å². The molecule has 2 rings (SSSR count). The van der Waals surface area contributed by atoms with Crippen LogP contribution in [-0.2, 0) is 4.79 Å². The van der Waals surface area contributed by atoms with Gasteiger partial charge in [0, 0.05) is 12.2 Å². The van der Waals surface area contributed by atoms with Crippen LogP contribution in [0.2, 0.25) is 10.0 Å². The van der Waals surface area contributed by atoms with Gasteiger partial charge in [0.2, 0.25) is 5.91 Å². The molecule has 0 atom stereocenters. The van der Waals surface area contributed by atoms with Crippen LogP contribution in [0.1, 0.15) is 24.0 Å². The molecule has 0 aromatic heterocycles. The number of hydrogen-bond donors (Lipinski definition) is 1. The van der Waals surface area contributed by atoms with Gasteiger partial charge in [-0.1, -0.05) is 71.8 Å². The van der Waals surface area contributed by atoms with Crippen molar-refractivity contribution in [2.45, 2.75) is 19.8 Å². The minimum absolute atomic E-state index is 0.0603. The first-order valence-corrected chi connectivity index (χ1v) is 10.0. The van der Waals surface area contributed by atoms with E-state index in [1.54, 1.807) is 6.07 Å². The minimum atomic E-state index is -0.0603. The van der Waals surface area contributed by atoms with Gasteiger partial charge in [-0.2, -0.15) is 11.8 Å². The standard InChI is InChI=1S/C20H21Cl2NOS/c1-15-11-12-17(21)20(19(15)22)23-18(24)10-6-14-25-13-5-9-16-7-3-2-4-8-16/h2-5,7-9,11-12H,6,10,13-14H2,1H3,(H,23,24)/b9-5+. The first-order chi connectivity index (χ1) is 12.1. The molecule has 2 aromatic rings. The number of rotatable bonds is 8. The highest BCUT2D eigenvalue weighted by Gasteiger charge is 2.11. The van der Waals surface area contributed by atoms with Gasteiger partial charge in [-0.15, -0.1) is 0 Å². The third kappa shape index (κ3) is 6.77. The van der Waals surface area contributed by atoms with E-state index in [0.29, 0.717) is 22.2 Å². The second-order valence-electron chi connectivity index (χ2n) is 5.59. The molecule has 132 valence electrons. The molecule has 0 aliphatic heterocycles. The number of thioether (sulfide) groups is 1. The summed E-state index contributed by atoms with van der Waals surface area (Å²) in [6.45, 7) is 1.88. The molecule has 0 unspecified atom stereocenters. The predicted octanol–water partition coefficient (Wildman–Crippen LogP) is 6.47. The largest absolute Gasteiger partial charge is 0.324 e. The number of hydrogen-bond acceptors (Lipinski definition) is 2. The lowest BCUT2D eigenvalue weighted by molar-refractivity contribution is -0.116. The summed E-state index contributed by atoms with van der Waals surface area (Å²) >= 11 is 14.1. The van der Waals surface area contributed by atoms with Crippen molar-refractivity contribution in [1.29, 1.82) is 0 Å². The third-order valence-corrected chi connectivity index (χ3v) is 5.37. The maximum Gasteiger partial charge on any atom is 0.224 e. The van der Waals surface area contributed by atoms with E-state index in [2.05, 4.69) is 29.6 Å². The summed E-state index contributed by atoms with van der Waals surface area (Å²) in [4.78, 5) is 12.1. The van der Waals surface area contributed by atoms with Crippen molar-refractivity contribution in [3.63, 3.8) is 0 Å². The van der Waals surface area contributed by atoms with E-state index in [1.807, 2.05) is 43.0 Å². The maximum atomic E-state index is 12.1. The van der Waals surface area contributed by atoms with Gasteiger partial charge in [0.1, 0.15) is 0 Å². The third-order valence-electron chi connectivity index (χ3n) is 3.57. The Morgan fingerprint density at radius 2 is 1.92 bits per heavy atom. The van der Waals surface area contributed by atoms with Crippen molar-refractivity contribution in [3.8, 4) is 0 Å². The lowest BCUT2D eigenvalue weighted by Crippen LogP contribution is -2.12. The summed E-state index contributed by atoms with van der Waals surface area (Å²) in [7, 11) is 0. The van der Waals surface area contributed by atoms with E-state index in [9.17, 15) is 4.79 Å². The molecular formula is C20H21Cl2NOS. The number of carbonyl (C=O) groups is 1. The van der Waals surface area contributed by atoms with Crippen LogP contribution in [0.25, 0.3) is 6.08 Å². The highest BCUT2D eigenvalue weighted by molar-refractivity contribution is 7.99. The maximum absolute atomic E-state index is 12.1. The minimum Gasteiger partial charge on any atom is -0.324 e. The normalized spacial score (nSPS) is 11.0. The smallest absolute Gasteiger partial charge is 0.224 e. The van der Waals surface area contributed by atoms with Crippen molar-refractivity contribution in [1.82, 2.24) is 0 Å². The van der Waals surface area contributed by atoms with Gasteiger partial charge < -0.3 is 5.32 Å². The summed E-state index contributed by atoms with van der Waals surface area (Å²) in [5.41, 5.74) is 2.60. The Kier molecular flexibility index (Phi) is 8.39. The number of amides is 1. The Balaban J connectivity index is 1.66. The van der Waals surface area contributed by atoms with Crippen LogP contribution in [0, 0.1) is 6.92 Å². The van der Waals surface area contributed by atoms with Crippen LogP contribution in [0.3, 0.4) is 0 Å². The van der Waals surface area contributed by atoms with E-state index in [-0.39, 0.29) is 5.91 Å². The Bertz CT molecular complexity index is 732. The molecule has 1 N–H and O–H groups in total. The SMILES string of the molecule is Cc1ccc(Cl)c(NC(=O)CCCSC/C=C/c2ccccc2)c1Cl. The zero-order chi connectivity index (χ0) is 18.1. The number of anilines is 1. The average molecular weight is 394 g/mol. The number of carbonyl (C=O) groups excluding carboxylic acids is 1. The van der Waals surface area contributed by atoms with Crippen molar-refractivity contribution in [2.24, 2.45) is 0 Å². The number of halogens is 2. The van der Waals surface area contributed by atoms with Crippen molar-refractivity contribution < 1.29 is 4.79 Å². The monoisotopic (exact) mass is 393 g/mol. The first-order valence-electron chi connectivity index (χ1n) is 8.11. The summed E-state index contributed by atoms with van der Waals surface area (Å²) < 4.78 is 0. The van der Waals surface area contributed by atoms with Crippen molar-refractivity contribution >= 4 is 52.6 Å². The van der Waals surface area contributed by atoms with E-state index < -0.39 is 0 Å². The second kappa shape index (κ2) is 10.5. The first kappa shape index (κ1) is 19.9. The Labute approximate surface area is 163 Å². The van der Waals surface area contributed by atoms with Crippen LogP contribution >= 0.6 is 35.0 Å². The zero-order valence-corrected chi connectivity index (χ0v) is 16.4. The highest BCUT2D eigenvalue weighted by atomic mass is 35.5. The van der Waals surface area contributed by atoms with Crippen molar-refractivity contribution in [2.75, 3.05) is 16.8 Å². The van der Waals surface area contributed by atoms with Crippen molar-refractivity contribution in [3.05, 3.63) is 69.7 Å². The van der Waals surface area contributed by atoms with Crippen LogP contribution in [0.4, 0.5) is 5.69 Å². The molecule has 0 fully saturated rings. The van der Waals surface area contributed by atoms with Gasteiger partial charge in [-0.3, -0.25) is 4.79 Å². The van der Waals surface area contributed by atoms with E-state index in [4.69, 9.17) is 23.2 Å². The lowest BCUT2D eigenvalue weighted by atomic mass is 10.2. The average Bonchev–Trinajstić information content (AvgIpc) is 2.62. The Morgan fingerprint density at radius 1 is 1.16 bits per heavy atom. The molecule has 2 aromatic carbocycles. The van der Waals surface area contributed by atoms with Gasteiger partial charge in [-0.05, 0) is 36.3 Å². The summed E-state index contributed by atoms with van der Waals surface area (Å²) in [5.74, 6) is 1.81. The Morgan fingerprint density at radius 3 is 2.68 bits per heavy atom. The predicted molar refractivity (Wildman–Crippen MR) is 112 cm³/mol. The lowest BCUT2D eigenvalue weighted by Gasteiger charge is -2.11. The molecule has 0 saturated heterocycles. The topological polar surface area (TPSA) is 29.1 Å². The summed E-state index contributed by atoms with van der Waals surface area (Å²) in [6.07, 6.45) is 5.53. The molecular weight excluding hydrogens is 373 g/mol. The zero-order valence-electron chi connectivity index (χ0n) is 14.1. The van der Waals surface area contributed by atoms with Crippen LogP contribution in [-0.4, -0.2) is 17.4 Å². The van der Waals surface area contributed by atoms with E-state index >= 15 is 0 Å². The van der Waals surface area contributed by atoms with E-state index in [0.717, 1.165) is 23.5 Å². The number of benzene rings is 2. The molecule has 0 spiro atoms. The Hall–Kier alpha value is -1.42. The van der Waals surface area contributed by atoms with Gasteiger partial charge in [-0.25, -0.2) is 0 Å². The molecule has 0 aliphatic carbocycles. The second-order valence-corrected chi connectivity index (χ2v) is 7.53.